The summed E-state index contributed by atoms with van der Waals surface area (Å²) in [7, 11) is 1.66. The molecule has 1 aromatic rings. The first kappa shape index (κ1) is 12.4. The minimum Gasteiger partial charge on any atom is -0.383 e. The molecule has 0 N–H and O–H groups in total. The molecule has 0 spiro atoms. The molecule has 0 aliphatic carbocycles. The average molecular weight is 255 g/mol. The maximum Gasteiger partial charge on any atom is 0.329 e. The van der Waals surface area contributed by atoms with E-state index in [2.05, 4.69) is 4.98 Å². The molecule has 6 heteroatoms. The fourth-order valence-corrected chi connectivity index (χ4v) is 3.14. The largest absolute Gasteiger partial charge is 0.383 e. The standard InChI is InChI=1S/C11H17N3O2S/c1-16-6-5-14(10-2-7-17-8-10)11(15)13-4-3-12-9-13/h3-4,9-10H,2,5-8H2,1H3. The number of aromatic nitrogens is 2. The third kappa shape index (κ3) is 3.01. The van der Waals surface area contributed by atoms with Crippen LogP contribution in [0.3, 0.4) is 0 Å². The molecule has 1 fully saturated rings. The zero-order valence-corrected chi connectivity index (χ0v) is 10.7. The van der Waals surface area contributed by atoms with Crippen molar-refractivity contribution < 1.29 is 9.53 Å². The van der Waals surface area contributed by atoms with Crippen molar-refractivity contribution in [1.82, 2.24) is 14.5 Å². The molecule has 0 aromatic carbocycles. The number of thioether (sulfide) groups is 1. The minimum atomic E-state index is -0.00736. The van der Waals surface area contributed by atoms with Gasteiger partial charge in [0.15, 0.2) is 0 Å². The Labute approximate surface area is 105 Å². The van der Waals surface area contributed by atoms with Crippen LogP contribution >= 0.6 is 11.8 Å². The Morgan fingerprint density at radius 1 is 1.71 bits per heavy atom. The summed E-state index contributed by atoms with van der Waals surface area (Å²) in [4.78, 5) is 18.1. The van der Waals surface area contributed by atoms with Gasteiger partial charge in [-0.25, -0.2) is 9.78 Å². The number of imidazole rings is 1. The maximum atomic E-state index is 12.3. The summed E-state index contributed by atoms with van der Waals surface area (Å²) in [5.74, 6) is 2.15. The molecule has 1 aliphatic rings. The predicted octanol–water partition coefficient (Wildman–Crippen LogP) is 1.31. The monoisotopic (exact) mass is 255 g/mol. The highest BCUT2D eigenvalue weighted by Gasteiger charge is 2.27. The van der Waals surface area contributed by atoms with Gasteiger partial charge >= 0.3 is 6.03 Å². The molecule has 0 saturated carbocycles. The van der Waals surface area contributed by atoms with Crippen molar-refractivity contribution >= 4 is 17.8 Å². The normalized spacial score (nSPS) is 19.5. The van der Waals surface area contributed by atoms with Crippen molar-refractivity contribution in [2.45, 2.75) is 12.5 Å². The van der Waals surface area contributed by atoms with E-state index in [0.717, 1.165) is 17.9 Å². The highest BCUT2D eigenvalue weighted by atomic mass is 32.2. The van der Waals surface area contributed by atoms with E-state index in [1.54, 1.807) is 25.8 Å². The number of hydrogen-bond donors (Lipinski definition) is 0. The molecule has 0 bridgehead atoms. The van der Waals surface area contributed by atoms with Crippen molar-refractivity contribution in [2.75, 3.05) is 31.8 Å². The lowest BCUT2D eigenvalue weighted by Gasteiger charge is -2.28. The number of hydrogen-bond acceptors (Lipinski definition) is 4. The smallest absolute Gasteiger partial charge is 0.329 e. The van der Waals surface area contributed by atoms with E-state index in [1.807, 2.05) is 16.7 Å². The van der Waals surface area contributed by atoms with Gasteiger partial charge in [-0.05, 0) is 12.2 Å². The summed E-state index contributed by atoms with van der Waals surface area (Å²) in [5.41, 5.74) is 0. The molecule has 1 aliphatic heterocycles. The summed E-state index contributed by atoms with van der Waals surface area (Å²) in [6, 6.07) is 0.317. The maximum absolute atomic E-state index is 12.3. The van der Waals surface area contributed by atoms with Gasteiger partial charge in [-0.15, -0.1) is 0 Å². The van der Waals surface area contributed by atoms with E-state index < -0.39 is 0 Å². The van der Waals surface area contributed by atoms with E-state index in [1.165, 1.54) is 4.57 Å². The lowest BCUT2D eigenvalue weighted by Crippen LogP contribution is -2.44. The highest BCUT2D eigenvalue weighted by molar-refractivity contribution is 7.99. The van der Waals surface area contributed by atoms with E-state index >= 15 is 0 Å². The predicted molar refractivity (Wildman–Crippen MR) is 67.3 cm³/mol. The van der Waals surface area contributed by atoms with E-state index in [4.69, 9.17) is 4.74 Å². The Hall–Kier alpha value is -1.01. The van der Waals surface area contributed by atoms with Gasteiger partial charge in [0.05, 0.1) is 6.61 Å². The van der Waals surface area contributed by atoms with Crippen LogP contribution in [0.5, 0.6) is 0 Å². The molecule has 5 nitrogen and oxygen atoms in total. The number of carbonyl (C=O) groups is 1. The SMILES string of the molecule is COCCN(C(=O)n1ccnc1)C1CCSC1. The number of rotatable bonds is 4. The molecule has 17 heavy (non-hydrogen) atoms. The molecular formula is C11H17N3O2S. The van der Waals surface area contributed by atoms with Gasteiger partial charge in [-0.1, -0.05) is 0 Å². The first-order valence-corrected chi connectivity index (χ1v) is 6.84. The van der Waals surface area contributed by atoms with Crippen LogP contribution in [0, 0.1) is 0 Å². The van der Waals surface area contributed by atoms with Gasteiger partial charge in [0.2, 0.25) is 0 Å². The first-order valence-electron chi connectivity index (χ1n) is 5.68. The molecule has 1 atom stereocenters. The molecule has 1 amide bonds. The van der Waals surface area contributed by atoms with E-state index in [-0.39, 0.29) is 6.03 Å². The topological polar surface area (TPSA) is 47.4 Å². The second kappa shape index (κ2) is 6.07. The number of methoxy groups -OCH3 is 1. The van der Waals surface area contributed by atoms with Gasteiger partial charge < -0.3 is 9.64 Å². The van der Waals surface area contributed by atoms with Crippen LogP contribution in [0.1, 0.15) is 6.42 Å². The second-order valence-electron chi connectivity index (χ2n) is 3.96. The number of carbonyl (C=O) groups excluding carboxylic acids is 1. The van der Waals surface area contributed by atoms with Crippen LogP contribution in [0.15, 0.2) is 18.7 Å². The lowest BCUT2D eigenvalue weighted by molar-refractivity contribution is 0.134. The van der Waals surface area contributed by atoms with Crippen molar-refractivity contribution in [1.29, 1.82) is 0 Å². The Balaban J connectivity index is 2.06. The van der Waals surface area contributed by atoms with Crippen LogP contribution in [0.2, 0.25) is 0 Å². The van der Waals surface area contributed by atoms with Gasteiger partial charge in [-0.3, -0.25) is 4.57 Å². The number of nitrogens with zero attached hydrogens (tertiary/aromatic N) is 3. The quantitative estimate of drug-likeness (QED) is 0.814. The highest BCUT2D eigenvalue weighted by Crippen LogP contribution is 2.22. The van der Waals surface area contributed by atoms with Crippen LogP contribution in [-0.4, -0.2) is 58.3 Å². The summed E-state index contributed by atoms with van der Waals surface area (Å²) in [6.07, 6.45) is 5.92. The molecule has 94 valence electrons. The number of amides is 1. The van der Waals surface area contributed by atoms with Crippen LogP contribution in [0.4, 0.5) is 4.79 Å². The summed E-state index contributed by atoms with van der Waals surface area (Å²) < 4.78 is 6.60. The Kier molecular flexibility index (Phi) is 4.44. The molecule has 0 radical (unpaired) electrons. The molecule has 2 heterocycles. The Morgan fingerprint density at radius 3 is 3.18 bits per heavy atom. The fourth-order valence-electron chi connectivity index (χ4n) is 1.91. The third-order valence-corrected chi connectivity index (χ3v) is 4.00. The van der Waals surface area contributed by atoms with Gasteiger partial charge in [0.1, 0.15) is 6.33 Å². The average Bonchev–Trinajstić information content (AvgIpc) is 3.02. The van der Waals surface area contributed by atoms with Crippen molar-refractivity contribution in [2.24, 2.45) is 0 Å². The van der Waals surface area contributed by atoms with Crippen LogP contribution in [0.25, 0.3) is 0 Å². The van der Waals surface area contributed by atoms with Crippen molar-refractivity contribution in [3.63, 3.8) is 0 Å². The van der Waals surface area contributed by atoms with Crippen molar-refractivity contribution in [3.05, 3.63) is 18.7 Å². The number of ether oxygens (including phenoxy) is 1. The van der Waals surface area contributed by atoms with E-state index in [9.17, 15) is 4.79 Å². The molecule has 1 saturated heterocycles. The van der Waals surface area contributed by atoms with Gasteiger partial charge in [0, 0.05) is 37.8 Å². The zero-order chi connectivity index (χ0) is 12.1. The van der Waals surface area contributed by atoms with E-state index in [0.29, 0.717) is 19.2 Å². The summed E-state index contributed by atoms with van der Waals surface area (Å²) in [6.45, 7) is 1.21. The minimum absolute atomic E-state index is 0.00736. The molecule has 2 rings (SSSR count). The van der Waals surface area contributed by atoms with Gasteiger partial charge in [0.25, 0.3) is 0 Å². The summed E-state index contributed by atoms with van der Waals surface area (Å²) >= 11 is 1.90. The molecule has 1 unspecified atom stereocenters. The van der Waals surface area contributed by atoms with Crippen LogP contribution in [-0.2, 0) is 4.74 Å². The third-order valence-electron chi connectivity index (χ3n) is 2.85. The lowest BCUT2D eigenvalue weighted by atomic mass is 10.2. The first-order chi connectivity index (χ1) is 8.33. The Morgan fingerprint density at radius 2 is 2.59 bits per heavy atom. The Bertz CT molecular complexity index is 350. The second-order valence-corrected chi connectivity index (χ2v) is 5.11. The fraction of sp³-hybridized carbons (Fsp3) is 0.636. The zero-order valence-electron chi connectivity index (χ0n) is 9.91. The van der Waals surface area contributed by atoms with Crippen molar-refractivity contribution in [3.8, 4) is 0 Å². The molecule has 1 aromatic heterocycles. The summed E-state index contributed by atoms with van der Waals surface area (Å²) in [5, 5.41) is 0. The van der Waals surface area contributed by atoms with Crippen LogP contribution < -0.4 is 0 Å². The van der Waals surface area contributed by atoms with Gasteiger partial charge in [-0.2, -0.15) is 11.8 Å². The molecular weight excluding hydrogens is 238 g/mol.